The van der Waals surface area contributed by atoms with Crippen molar-refractivity contribution in [3.8, 4) is 0 Å². The Kier molecular flexibility index (Phi) is 1.98. The Morgan fingerprint density at radius 1 is 1.54 bits per heavy atom. The molecule has 2 aromatic rings. The van der Waals surface area contributed by atoms with Gasteiger partial charge >= 0.3 is 0 Å². The van der Waals surface area contributed by atoms with Crippen molar-refractivity contribution in [2.75, 3.05) is 7.05 Å². The summed E-state index contributed by atoms with van der Waals surface area (Å²) < 4.78 is 17.9. The van der Waals surface area contributed by atoms with Crippen LogP contribution in [0, 0.1) is 5.82 Å². The zero-order chi connectivity index (χ0) is 9.26. The number of benzene rings is 1. The lowest BCUT2D eigenvalue weighted by Crippen LogP contribution is -2.03. The summed E-state index contributed by atoms with van der Waals surface area (Å²) in [5, 5.41) is 7.45. The van der Waals surface area contributed by atoms with E-state index in [1.165, 1.54) is 12.1 Å². The van der Waals surface area contributed by atoms with Crippen LogP contribution >= 0.6 is 0 Å². The molecular weight excluding hydrogens is 171 g/mol. The largest absolute Gasteiger partial charge is 0.359 e. The lowest BCUT2D eigenvalue weighted by Gasteiger charge is -1.93. The maximum Gasteiger partial charge on any atom is 0.158 e. The molecule has 1 heterocycles. The van der Waals surface area contributed by atoms with Gasteiger partial charge in [-0.05, 0) is 25.2 Å². The van der Waals surface area contributed by atoms with Crippen LogP contribution < -0.4 is 5.32 Å². The third-order valence-corrected chi connectivity index (χ3v) is 1.85. The van der Waals surface area contributed by atoms with Crippen LogP contribution in [0.4, 0.5) is 4.39 Å². The van der Waals surface area contributed by atoms with E-state index in [-0.39, 0.29) is 5.82 Å². The standard InChI is InChI=1S/C9H9FN2O/c1-11-5-9-7-4-6(10)2-3-8(7)12-13-9/h2-4,11H,5H2,1H3. The van der Waals surface area contributed by atoms with Crippen LogP contribution in [0.2, 0.25) is 0 Å². The highest BCUT2D eigenvalue weighted by molar-refractivity contribution is 5.80. The molecule has 0 unspecified atom stereocenters. The van der Waals surface area contributed by atoms with Gasteiger partial charge in [-0.25, -0.2) is 4.39 Å². The molecule has 0 aliphatic heterocycles. The van der Waals surface area contributed by atoms with Crippen molar-refractivity contribution in [2.24, 2.45) is 0 Å². The zero-order valence-corrected chi connectivity index (χ0v) is 7.17. The molecule has 0 aliphatic rings. The van der Waals surface area contributed by atoms with Gasteiger partial charge in [0.05, 0.1) is 6.54 Å². The second-order valence-electron chi connectivity index (χ2n) is 2.80. The maximum atomic E-state index is 12.8. The van der Waals surface area contributed by atoms with E-state index in [4.69, 9.17) is 4.52 Å². The van der Waals surface area contributed by atoms with Crippen molar-refractivity contribution < 1.29 is 8.91 Å². The van der Waals surface area contributed by atoms with Crippen LogP contribution in [0.3, 0.4) is 0 Å². The Labute approximate surface area is 74.5 Å². The average Bonchev–Trinajstić information content (AvgIpc) is 2.49. The summed E-state index contributed by atoms with van der Waals surface area (Å²) >= 11 is 0. The highest BCUT2D eigenvalue weighted by Gasteiger charge is 2.07. The number of aromatic nitrogens is 1. The molecule has 1 aromatic heterocycles. The van der Waals surface area contributed by atoms with Crippen LogP contribution in [0.1, 0.15) is 5.76 Å². The topological polar surface area (TPSA) is 38.1 Å². The minimum Gasteiger partial charge on any atom is -0.359 e. The lowest BCUT2D eigenvalue weighted by molar-refractivity contribution is 0.385. The quantitative estimate of drug-likeness (QED) is 0.764. The third kappa shape index (κ3) is 1.40. The molecule has 0 saturated heterocycles. The third-order valence-electron chi connectivity index (χ3n) is 1.85. The van der Waals surface area contributed by atoms with Crippen molar-refractivity contribution in [2.45, 2.75) is 6.54 Å². The first-order chi connectivity index (χ1) is 6.31. The van der Waals surface area contributed by atoms with E-state index < -0.39 is 0 Å². The SMILES string of the molecule is CNCc1onc2ccc(F)cc12. The molecule has 0 aliphatic carbocycles. The second kappa shape index (κ2) is 3.14. The van der Waals surface area contributed by atoms with Crippen molar-refractivity contribution >= 4 is 10.9 Å². The summed E-state index contributed by atoms with van der Waals surface area (Å²) in [4.78, 5) is 0. The highest BCUT2D eigenvalue weighted by Crippen LogP contribution is 2.18. The van der Waals surface area contributed by atoms with E-state index in [1.807, 2.05) is 0 Å². The maximum absolute atomic E-state index is 12.8. The Balaban J connectivity index is 2.58. The molecule has 0 bridgehead atoms. The van der Waals surface area contributed by atoms with E-state index in [2.05, 4.69) is 10.5 Å². The van der Waals surface area contributed by atoms with Gasteiger partial charge < -0.3 is 9.84 Å². The summed E-state index contributed by atoms with van der Waals surface area (Å²) in [6, 6.07) is 4.40. The Hall–Kier alpha value is -1.42. The first-order valence-corrected chi connectivity index (χ1v) is 3.99. The van der Waals surface area contributed by atoms with Gasteiger partial charge in [0.2, 0.25) is 0 Å². The molecule has 4 heteroatoms. The van der Waals surface area contributed by atoms with Gasteiger partial charge in [0, 0.05) is 5.39 Å². The number of hydrogen-bond donors (Lipinski definition) is 1. The molecule has 1 N–H and O–H groups in total. The number of rotatable bonds is 2. The molecule has 3 nitrogen and oxygen atoms in total. The van der Waals surface area contributed by atoms with Crippen LogP contribution in [-0.2, 0) is 6.54 Å². The minimum atomic E-state index is -0.270. The molecule has 2 rings (SSSR count). The molecule has 13 heavy (non-hydrogen) atoms. The van der Waals surface area contributed by atoms with Gasteiger partial charge in [-0.15, -0.1) is 0 Å². The Morgan fingerprint density at radius 3 is 3.15 bits per heavy atom. The monoisotopic (exact) mass is 180 g/mol. The van der Waals surface area contributed by atoms with Gasteiger partial charge in [0.25, 0.3) is 0 Å². The fourth-order valence-corrected chi connectivity index (χ4v) is 1.25. The predicted molar refractivity (Wildman–Crippen MR) is 46.7 cm³/mol. The highest BCUT2D eigenvalue weighted by atomic mass is 19.1. The van der Waals surface area contributed by atoms with Gasteiger partial charge in [-0.3, -0.25) is 0 Å². The van der Waals surface area contributed by atoms with Crippen molar-refractivity contribution in [3.63, 3.8) is 0 Å². The number of nitrogens with zero attached hydrogens (tertiary/aromatic N) is 1. The van der Waals surface area contributed by atoms with Crippen LogP contribution in [-0.4, -0.2) is 12.2 Å². The van der Waals surface area contributed by atoms with Gasteiger partial charge in [-0.2, -0.15) is 0 Å². The van der Waals surface area contributed by atoms with E-state index in [9.17, 15) is 4.39 Å². The molecule has 68 valence electrons. The molecule has 0 radical (unpaired) electrons. The second-order valence-corrected chi connectivity index (χ2v) is 2.80. The molecular formula is C9H9FN2O. The predicted octanol–water partition coefficient (Wildman–Crippen LogP) is 1.69. The lowest BCUT2D eigenvalue weighted by atomic mass is 10.2. The van der Waals surface area contributed by atoms with Crippen molar-refractivity contribution in [3.05, 3.63) is 29.8 Å². The number of halogens is 1. The van der Waals surface area contributed by atoms with E-state index in [0.29, 0.717) is 17.8 Å². The van der Waals surface area contributed by atoms with Gasteiger partial charge in [-0.1, -0.05) is 5.16 Å². The average molecular weight is 180 g/mol. The van der Waals surface area contributed by atoms with Gasteiger partial charge in [0.15, 0.2) is 5.76 Å². The summed E-state index contributed by atoms with van der Waals surface area (Å²) in [5.41, 5.74) is 0.687. The fraction of sp³-hybridized carbons (Fsp3) is 0.222. The van der Waals surface area contributed by atoms with Crippen LogP contribution in [0.5, 0.6) is 0 Å². The zero-order valence-electron chi connectivity index (χ0n) is 7.17. The van der Waals surface area contributed by atoms with Gasteiger partial charge in [0.1, 0.15) is 11.3 Å². The van der Waals surface area contributed by atoms with Crippen molar-refractivity contribution in [1.82, 2.24) is 10.5 Å². The number of hydrogen-bond acceptors (Lipinski definition) is 3. The first kappa shape index (κ1) is 8.19. The number of fused-ring (bicyclic) bond motifs is 1. The molecule has 0 fully saturated rings. The summed E-state index contributed by atoms with van der Waals surface area (Å²) in [6.45, 7) is 0.556. The first-order valence-electron chi connectivity index (χ1n) is 3.99. The van der Waals surface area contributed by atoms with Crippen molar-refractivity contribution in [1.29, 1.82) is 0 Å². The summed E-state index contributed by atoms with van der Waals surface area (Å²) in [7, 11) is 1.80. The minimum absolute atomic E-state index is 0.270. The molecule has 1 aromatic carbocycles. The Bertz CT molecular complexity index is 424. The molecule has 0 atom stereocenters. The molecule has 0 spiro atoms. The molecule has 0 saturated carbocycles. The summed E-state index contributed by atoms with van der Waals surface area (Å²) in [5.74, 6) is 0.394. The summed E-state index contributed by atoms with van der Waals surface area (Å²) in [6.07, 6.45) is 0. The fourth-order valence-electron chi connectivity index (χ4n) is 1.25. The Morgan fingerprint density at radius 2 is 2.38 bits per heavy atom. The van der Waals surface area contributed by atoms with E-state index in [1.54, 1.807) is 13.1 Å². The normalized spacial score (nSPS) is 10.9. The number of nitrogens with one attached hydrogen (secondary N) is 1. The van der Waals surface area contributed by atoms with E-state index >= 15 is 0 Å². The van der Waals surface area contributed by atoms with Crippen LogP contribution in [0.25, 0.3) is 10.9 Å². The van der Waals surface area contributed by atoms with Crippen LogP contribution in [0.15, 0.2) is 22.7 Å². The molecule has 0 amide bonds. The van der Waals surface area contributed by atoms with E-state index in [0.717, 1.165) is 5.39 Å². The smallest absolute Gasteiger partial charge is 0.158 e.